The molecule has 0 radical (unpaired) electrons. The molecule has 0 fully saturated rings. The second kappa shape index (κ2) is 9.40. The van der Waals surface area contributed by atoms with E-state index in [0.717, 1.165) is 17.8 Å². The molecule has 0 amide bonds. The van der Waals surface area contributed by atoms with Gasteiger partial charge < -0.3 is 9.90 Å². The number of carboxylic acids is 1. The molecule has 152 valence electrons. The van der Waals surface area contributed by atoms with Gasteiger partial charge in [0.1, 0.15) is 12.5 Å². The zero-order chi connectivity index (χ0) is 21.5. The summed E-state index contributed by atoms with van der Waals surface area (Å²) in [6.07, 6.45) is -9.04. The molecular formula is C16H11ClF6N2O3. The van der Waals surface area contributed by atoms with Crippen LogP contribution < -0.4 is 15.4 Å². The number of rotatable bonds is 4. The Kier molecular flexibility index (Phi) is 7.79. The third kappa shape index (κ3) is 7.82. The lowest BCUT2D eigenvalue weighted by Crippen LogP contribution is -2.37. The van der Waals surface area contributed by atoms with Crippen molar-refractivity contribution in [2.75, 3.05) is 5.32 Å². The second-order valence-corrected chi connectivity index (χ2v) is 5.52. The van der Waals surface area contributed by atoms with E-state index in [1.165, 1.54) is 6.07 Å². The molecule has 0 unspecified atom stereocenters. The summed E-state index contributed by atoms with van der Waals surface area (Å²) in [6.45, 7) is 0.472. The number of halogens is 7. The standard InChI is InChI=1S/C14H10ClF3N2O.C2HF3O2/c15-11-4-1-9(2-5-11)7-19-12-6-3-10(8-20-12)13(21)14(16,17)18;3-2(4,5)1(6)7/h1-6,8H,7H2,(H,19,20);(H,6,7). The molecule has 0 aliphatic heterocycles. The molecule has 0 aliphatic carbocycles. The lowest BCUT2D eigenvalue weighted by atomic mass is 10.2. The van der Waals surface area contributed by atoms with E-state index in [1.807, 2.05) is 12.1 Å². The van der Waals surface area contributed by atoms with Crippen LogP contribution in [0, 0.1) is 0 Å². The SMILES string of the molecule is O=C([O-])C(F)(F)F.O=C(c1ccc(NCc2ccc(Cl)cc2)[nH+]c1)C(F)(F)F. The summed E-state index contributed by atoms with van der Waals surface area (Å²) in [5.41, 5.74) is 0.530. The molecule has 28 heavy (non-hydrogen) atoms. The zero-order valence-electron chi connectivity index (χ0n) is 13.6. The van der Waals surface area contributed by atoms with Gasteiger partial charge in [-0.25, -0.2) is 4.98 Å². The van der Waals surface area contributed by atoms with Crippen LogP contribution in [0.3, 0.4) is 0 Å². The molecule has 12 heteroatoms. The first kappa shape index (κ1) is 23.2. The first-order valence-electron chi connectivity index (χ1n) is 7.20. The van der Waals surface area contributed by atoms with Gasteiger partial charge in [-0.3, -0.25) is 10.1 Å². The van der Waals surface area contributed by atoms with Crippen LogP contribution in [0.15, 0.2) is 42.6 Å². The molecule has 0 saturated heterocycles. The zero-order valence-corrected chi connectivity index (χ0v) is 14.4. The number of carboxylic acid groups (broad SMARTS) is 1. The highest BCUT2D eigenvalue weighted by molar-refractivity contribution is 6.30. The van der Waals surface area contributed by atoms with Crippen LogP contribution in [0.4, 0.5) is 32.2 Å². The van der Waals surface area contributed by atoms with Gasteiger partial charge in [-0.15, -0.1) is 0 Å². The first-order chi connectivity index (χ1) is 12.8. The summed E-state index contributed by atoms with van der Waals surface area (Å²) in [5.74, 6) is -4.38. The van der Waals surface area contributed by atoms with E-state index >= 15 is 0 Å². The Hall–Kier alpha value is -2.82. The van der Waals surface area contributed by atoms with Crippen molar-refractivity contribution >= 4 is 29.2 Å². The highest BCUT2D eigenvalue weighted by Gasteiger charge is 2.39. The van der Waals surface area contributed by atoms with Gasteiger partial charge in [-0.2, -0.15) is 26.3 Å². The molecule has 0 bridgehead atoms. The van der Waals surface area contributed by atoms with E-state index in [0.29, 0.717) is 17.4 Å². The Balaban J connectivity index is 0.000000480. The minimum Gasteiger partial charge on any atom is -0.542 e. The van der Waals surface area contributed by atoms with Gasteiger partial charge in [0, 0.05) is 11.1 Å². The third-order valence-electron chi connectivity index (χ3n) is 2.96. The Bertz CT molecular complexity index is 805. The maximum atomic E-state index is 12.2. The Morgan fingerprint density at radius 3 is 1.89 bits per heavy atom. The Morgan fingerprint density at radius 2 is 1.50 bits per heavy atom. The van der Waals surface area contributed by atoms with Crippen LogP contribution in [0.5, 0.6) is 0 Å². The fourth-order valence-electron chi connectivity index (χ4n) is 1.64. The van der Waals surface area contributed by atoms with Gasteiger partial charge in [0.15, 0.2) is 0 Å². The number of ketones is 1. The van der Waals surface area contributed by atoms with Gasteiger partial charge in [0.25, 0.3) is 11.6 Å². The van der Waals surface area contributed by atoms with Gasteiger partial charge in [0.2, 0.25) is 0 Å². The molecule has 2 N–H and O–H groups in total. The maximum absolute atomic E-state index is 12.2. The summed E-state index contributed by atoms with van der Waals surface area (Å²) in [5, 5.41) is 12.4. The quantitative estimate of drug-likeness (QED) is 0.599. The summed E-state index contributed by atoms with van der Waals surface area (Å²) < 4.78 is 68.3. The van der Waals surface area contributed by atoms with E-state index < -0.39 is 29.7 Å². The number of hydrogen-bond acceptors (Lipinski definition) is 4. The van der Waals surface area contributed by atoms with E-state index in [-0.39, 0.29) is 0 Å². The van der Waals surface area contributed by atoms with Crippen LogP contribution in [0.1, 0.15) is 15.9 Å². The largest absolute Gasteiger partial charge is 0.542 e. The number of Topliss-reactive ketones (excluding diaryl/α,β-unsaturated/α-hetero) is 1. The first-order valence-corrected chi connectivity index (χ1v) is 7.58. The van der Waals surface area contributed by atoms with Crippen LogP contribution in [0.2, 0.25) is 5.02 Å². The number of carbonyl (C=O) groups excluding carboxylic acids is 2. The predicted molar refractivity (Wildman–Crippen MR) is 83.2 cm³/mol. The van der Waals surface area contributed by atoms with Gasteiger partial charge in [0.05, 0.1) is 11.8 Å². The van der Waals surface area contributed by atoms with Gasteiger partial charge >= 0.3 is 12.4 Å². The molecular weight excluding hydrogens is 418 g/mol. The van der Waals surface area contributed by atoms with Gasteiger partial charge in [-0.1, -0.05) is 23.7 Å². The van der Waals surface area contributed by atoms with Gasteiger partial charge in [-0.05, 0) is 23.8 Å². The van der Waals surface area contributed by atoms with Crippen molar-refractivity contribution in [2.24, 2.45) is 0 Å². The van der Waals surface area contributed by atoms with E-state index in [2.05, 4.69) is 10.3 Å². The number of pyridine rings is 1. The number of aromatic amines is 1. The molecule has 0 spiro atoms. The summed E-state index contributed by atoms with van der Waals surface area (Å²) in [7, 11) is 0. The molecule has 1 aromatic carbocycles. The number of alkyl halides is 6. The van der Waals surface area contributed by atoms with E-state index in [1.54, 1.807) is 12.1 Å². The van der Waals surface area contributed by atoms with Crippen molar-refractivity contribution < 1.29 is 46.0 Å². The number of aliphatic carboxylic acids is 1. The average molecular weight is 429 g/mol. The number of nitrogens with one attached hydrogen (secondary N) is 2. The molecule has 2 rings (SSSR count). The Labute approximate surface area is 159 Å². The highest BCUT2D eigenvalue weighted by Crippen LogP contribution is 2.21. The monoisotopic (exact) mass is 428 g/mol. The minimum atomic E-state index is -5.19. The number of carbonyl (C=O) groups is 2. The van der Waals surface area contributed by atoms with Crippen molar-refractivity contribution in [3.05, 3.63) is 58.7 Å². The van der Waals surface area contributed by atoms with Crippen molar-refractivity contribution in [3.63, 3.8) is 0 Å². The molecule has 1 heterocycles. The van der Waals surface area contributed by atoms with Crippen molar-refractivity contribution in [1.82, 2.24) is 0 Å². The molecule has 0 aliphatic rings. The van der Waals surface area contributed by atoms with Crippen LogP contribution >= 0.6 is 11.6 Å². The fraction of sp³-hybridized carbons (Fsp3) is 0.188. The number of hydrogen-bond donors (Lipinski definition) is 1. The van der Waals surface area contributed by atoms with E-state index in [4.69, 9.17) is 21.5 Å². The lowest BCUT2D eigenvalue weighted by Gasteiger charge is -2.04. The number of aromatic nitrogens is 1. The second-order valence-electron chi connectivity index (χ2n) is 5.08. The number of H-pyrrole nitrogens is 1. The Morgan fingerprint density at radius 1 is 0.964 bits per heavy atom. The molecule has 5 nitrogen and oxygen atoms in total. The van der Waals surface area contributed by atoms with Crippen LogP contribution in [0.25, 0.3) is 0 Å². The summed E-state index contributed by atoms with van der Waals surface area (Å²) in [6, 6.07) is 9.65. The van der Waals surface area contributed by atoms with Crippen LogP contribution in [-0.2, 0) is 11.3 Å². The normalized spacial score (nSPS) is 11.2. The molecule has 1 aromatic heterocycles. The fourth-order valence-corrected chi connectivity index (χ4v) is 1.77. The topological polar surface area (TPSA) is 83.4 Å². The average Bonchev–Trinajstić information content (AvgIpc) is 2.60. The predicted octanol–water partition coefficient (Wildman–Crippen LogP) is 2.81. The maximum Gasteiger partial charge on any atom is 0.455 e. The number of anilines is 1. The van der Waals surface area contributed by atoms with Crippen molar-refractivity contribution in [1.29, 1.82) is 0 Å². The number of benzene rings is 1. The molecule has 2 aromatic rings. The smallest absolute Gasteiger partial charge is 0.455 e. The molecule has 0 atom stereocenters. The van der Waals surface area contributed by atoms with Crippen molar-refractivity contribution in [2.45, 2.75) is 18.9 Å². The summed E-state index contributed by atoms with van der Waals surface area (Å²) >= 11 is 5.76. The lowest BCUT2D eigenvalue weighted by molar-refractivity contribution is -0.361. The minimum absolute atomic E-state index is 0.431. The molecule has 0 saturated carbocycles. The highest BCUT2D eigenvalue weighted by atomic mass is 35.5. The van der Waals surface area contributed by atoms with E-state index in [9.17, 15) is 31.1 Å². The third-order valence-corrected chi connectivity index (χ3v) is 3.21. The van der Waals surface area contributed by atoms with Crippen molar-refractivity contribution in [3.8, 4) is 0 Å². The summed E-state index contributed by atoms with van der Waals surface area (Å²) in [4.78, 5) is 22.4. The van der Waals surface area contributed by atoms with Crippen LogP contribution in [-0.4, -0.2) is 24.1 Å².